The second-order valence-electron chi connectivity index (χ2n) is 7.72. The molecule has 0 saturated heterocycles. The summed E-state index contributed by atoms with van der Waals surface area (Å²) in [7, 11) is 0. The zero-order valence-electron chi connectivity index (χ0n) is 17.5. The Bertz CT molecular complexity index is 1400. The maximum absolute atomic E-state index is 13.4. The summed E-state index contributed by atoms with van der Waals surface area (Å²) in [4.78, 5) is 14.0. The quantitative estimate of drug-likeness (QED) is 0.345. The minimum absolute atomic E-state index is 0.221. The highest BCUT2D eigenvalue weighted by Crippen LogP contribution is 2.38. The first-order valence-electron chi connectivity index (χ1n) is 10.4. The number of rotatable bonds is 3. The fraction of sp³-hybridized carbons (Fsp3) is 0.160. The van der Waals surface area contributed by atoms with E-state index in [9.17, 15) is 13.2 Å². The number of anilines is 1. The van der Waals surface area contributed by atoms with E-state index in [0.29, 0.717) is 45.6 Å². The first kappa shape index (κ1) is 21.4. The molecule has 0 bridgehead atoms. The van der Waals surface area contributed by atoms with Gasteiger partial charge in [-0.25, -0.2) is 9.97 Å². The topological polar surface area (TPSA) is 50.2 Å². The first-order chi connectivity index (χ1) is 15.8. The van der Waals surface area contributed by atoms with Crippen LogP contribution in [0.4, 0.5) is 19.0 Å². The van der Waals surface area contributed by atoms with E-state index >= 15 is 0 Å². The number of fused-ring (bicyclic) bond motifs is 2. The summed E-state index contributed by atoms with van der Waals surface area (Å²) < 4.78 is 40.1. The molecule has 0 spiro atoms. The lowest BCUT2D eigenvalue weighted by atomic mass is 9.99. The van der Waals surface area contributed by atoms with Crippen LogP contribution in [0.2, 0.25) is 5.02 Å². The Labute approximate surface area is 193 Å². The van der Waals surface area contributed by atoms with Crippen molar-refractivity contribution in [3.63, 3.8) is 0 Å². The average Bonchev–Trinajstić information content (AvgIpc) is 3.15. The van der Waals surface area contributed by atoms with Gasteiger partial charge in [0, 0.05) is 16.5 Å². The lowest BCUT2D eigenvalue weighted by Gasteiger charge is -2.13. The van der Waals surface area contributed by atoms with Gasteiger partial charge in [-0.05, 0) is 48.4 Å². The van der Waals surface area contributed by atoms with E-state index in [-0.39, 0.29) is 6.04 Å². The number of aliphatic imine (C=N–C) groups is 1. The van der Waals surface area contributed by atoms with Gasteiger partial charge in [-0.2, -0.15) is 13.2 Å². The Balaban J connectivity index is 1.64. The Kier molecular flexibility index (Phi) is 5.29. The van der Waals surface area contributed by atoms with E-state index in [2.05, 4.69) is 20.3 Å². The Hall–Kier alpha value is -3.45. The van der Waals surface area contributed by atoms with Crippen molar-refractivity contribution in [1.82, 2.24) is 9.97 Å². The van der Waals surface area contributed by atoms with Crippen molar-refractivity contribution >= 4 is 34.2 Å². The van der Waals surface area contributed by atoms with Crippen molar-refractivity contribution in [2.45, 2.75) is 25.6 Å². The molecule has 4 nitrogen and oxygen atoms in total. The molecule has 8 heteroatoms. The van der Waals surface area contributed by atoms with Crippen LogP contribution in [0.1, 0.15) is 36.1 Å². The van der Waals surface area contributed by atoms with Crippen molar-refractivity contribution < 1.29 is 13.2 Å². The van der Waals surface area contributed by atoms with E-state index in [1.54, 1.807) is 6.07 Å². The summed E-state index contributed by atoms with van der Waals surface area (Å²) in [5.41, 5.74) is 1.82. The first-order valence-corrected chi connectivity index (χ1v) is 10.8. The van der Waals surface area contributed by atoms with E-state index in [1.165, 1.54) is 6.07 Å². The van der Waals surface area contributed by atoms with Crippen LogP contribution in [-0.2, 0) is 6.18 Å². The fourth-order valence-corrected chi connectivity index (χ4v) is 4.20. The normalized spacial score (nSPS) is 15.4. The lowest BCUT2D eigenvalue weighted by Crippen LogP contribution is -2.15. The molecule has 0 aliphatic carbocycles. The number of hydrogen-bond donors (Lipinski definition) is 1. The van der Waals surface area contributed by atoms with Crippen LogP contribution in [-0.4, -0.2) is 15.8 Å². The average molecular weight is 467 g/mol. The zero-order valence-corrected chi connectivity index (χ0v) is 18.2. The monoisotopic (exact) mass is 466 g/mol. The predicted molar refractivity (Wildman–Crippen MR) is 125 cm³/mol. The number of nitrogens with zero attached hydrogens (tertiary/aromatic N) is 3. The molecule has 166 valence electrons. The van der Waals surface area contributed by atoms with Crippen molar-refractivity contribution in [2.24, 2.45) is 4.99 Å². The summed E-state index contributed by atoms with van der Waals surface area (Å²) in [6, 6.07) is 18.2. The fourth-order valence-electron chi connectivity index (χ4n) is 3.98. The smallest absolute Gasteiger partial charge is 0.324 e. The lowest BCUT2D eigenvalue weighted by molar-refractivity contribution is -0.137. The molecule has 0 amide bonds. The number of para-hydroxylation sites is 1. The molecule has 1 atom stereocenters. The van der Waals surface area contributed by atoms with Crippen LogP contribution in [0.15, 0.2) is 71.7 Å². The molecule has 0 radical (unpaired) electrons. The van der Waals surface area contributed by atoms with Gasteiger partial charge in [0.05, 0.1) is 22.1 Å². The second-order valence-corrected chi connectivity index (χ2v) is 8.13. The van der Waals surface area contributed by atoms with E-state index in [1.807, 2.05) is 49.4 Å². The van der Waals surface area contributed by atoms with Crippen molar-refractivity contribution in [3.05, 3.63) is 88.4 Å². The van der Waals surface area contributed by atoms with Crippen LogP contribution in [0, 0.1) is 0 Å². The Morgan fingerprint density at radius 2 is 1.70 bits per heavy atom. The molecule has 1 aliphatic rings. The number of nitrogens with one attached hydrogen (secondary N) is 1. The van der Waals surface area contributed by atoms with Gasteiger partial charge in [0.15, 0.2) is 5.82 Å². The molecular weight excluding hydrogens is 449 g/mol. The minimum Gasteiger partial charge on any atom is -0.324 e. The van der Waals surface area contributed by atoms with E-state index in [0.717, 1.165) is 23.1 Å². The van der Waals surface area contributed by atoms with Gasteiger partial charge in [-0.1, -0.05) is 48.9 Å². The highest BCUT2D eigenvalue weighted by atomic mass is 35.5. The van der Waals surface area contributed by atoms with Crippen LogP contribution in [0.25, 0.3) is 22.3 Å². The number of alkyl halides is 3. The number of amidine groups is 1. The summed E-state index contributed by atoms with van der Waals surface area (Å²) in [6.45, 7) is 1.95. The molecule has 4 aromatic rings. The summed E-state index contributed by atoms with van der Waals surface area (Å²) in [5.74, 6) is 1.23. The van der Waals surface area contributed by atoms with Crippen molar-refractivity contribution in [3.8, 4) is 11.4 Å². The van der Waals surface area contributed by atoms with Crippen LogP contribution < -0.4 is 5.32 Å². The Morgan fingerprint density at radius 1 is 0.939 bits per heavy atom. The molecular formula is C25H18ClF3N4. The number of benzene rings is 3. The molecule has 1 N–H and O–H groups in total. The third-order valence-electron chi connectivity index (χ3n) is 5.62. The number of hydrogen-bond acceptors (Lipinski definition) is 4. The molecule has 1 unspecified atom stereocenters. The van der Waals surface area contributed by atoms with Gasteiger partial charge in [0.1, 0.15) is 11.7 Å². The van der Waals surface area contributed by atoms with E-state index < -0.39 is 11.7 Å². The molecule has 33 heavy (non-hydrogen) atoms. The second kappa shape index (κ2) is 8.15. The highest BCUT2D eigenvalue weighted by Gasteiger charge is 2.34. The number of aromatic nitrogens is 2. The zero-order chi connectivity index (χ0) is 23.2. The van der Waals surface area contributed by atoms with Gasteiger partial charge in [0.2, 0.25) is 0 Å². The molecule has 0 saturated carbocycles. The minimum atomic E-state index is -4.44. The summed E-state index contributed by atoms with van der Waals surface area (Å²) in [6.07, 6.45) is -3.78. The molecule has 1 aromatic heterocycles. The third-order valence-corrected chi connectivity index (χ3v) is 5.95. The SMILES string of the molecule is CCC1N=C(Nc2nc(-c3ccccc3Cl)nc3ccccc23)c2cc(C(F)(F)F)ccc21. The van der Waals surface area contributed by atoms with Gasteiger partial charge in [-0.15, -0.1) is 0 Å². The van der Waals surface area contributed by atoms with Gasteiger partial charge in [-0.3, -0.25) is 4.99 Å². The van der Waals surface area contributed by atoms with Gasteiger partial charge in [0.25, 0.3) is 0 Å². The van der Waals surface area contributed by atoms with Crippen LogP contribution in [0.3, 0.4) is 0 Å². The van der Waals surface area contributed by atoms with Gasteiger partial charge >= 0.3 is 6.18 Å². The molecule has 0 fully saturated rings. The van der Waals surface area contributed by atoms with Gasteiger partial charge < -0.3 is 5.32 Å². The molecule has 5 rings (SSSR count). The van der Waals surface area contributed by atoms with Crippen LogP contribution in [0.5, 0.6) is 0 Å². The molecule has 1 aliphatic heterocycles. The maximum Gasteiger partial charge on any atom is 0.416 e. The third kappa shape index (κ3) is 3.93. The molecule has 2 heterocycles. The largest absolute Gasteiger partial charge is 0.416 e. The van der Waals surface area contributed by atoms with Crippen molar-refractivity contribution in [1.29, 1.82) is 0 Å². The number of halogens is 4. The molecule has 3 aromatic carbocycles. The standard InChI is InChI=1S/C25H18ClF3N4/c1-2-20-15-12-11-14(25(27,28)29)13-18(15)24(30-20)33-23-17-8-4-6-10-21(17)31-22(32-23)16-7-3-5-9-19(16)26/h3-13,20H,2H2,1H3,(H,30,31,32,33). The predicted octanol–water partition coefficient (Wildman–Crippen LogP) is 7.29. The van der Waals surface area contributed by atoms with E-state index in [4.69, 9.17) is 11.6 Å². The highest BCUT2D eigenvalue weighted by molar-refractivity contribution is 6.33. The van der Waals surface area contributed by atoms with Crippen LogP contribution >= 0.6 is 11.6 Å². The summed E-state index contributed by atoms with van der Waals surface area (Å²) in [5, 5.41) is 4.43. The Morgan fingerprint density at radius 3 is 2.45 bits per heavy atom. The maximum atomic E-state index is 13.4. The summed E-state index contributed by atoms with van der Waals surface area (Å²) >= 11 is 6.37. The van der Waals surface area contributed by atoms with Crippen molar-refractivity contribution in [2.75, 3.05) is 5.32 Å².